The number of nitrogens with zero attached hydrogens (tertiary/aromatic N) is 2. The number of aliphatic hydroxyl groups is 1. The zero-order valence-corrected chi connectivity index (χ0v) is 17.8. The number of hydrogen-bond donors (Lipinski definition) is 1. The van der Waals surface area contributed by atoms with E-state index < -0.39 is 0 Å². The van der Waals surface area contributed by atoms with E-state index in [0.29, 0.717) is 18.6 Å². The molecule has 4 nitrogen and oxygen atoms in total. The van der Waals surface area contributed by atoms with E-state index in [2.05, 4.69) is 40.1 Å². The van der Waals surface area contributed by atoms with Gasteiger partial charge in [-0.05, 0) is 73.9 Å². The highest BCUT2D eigenvalue weighted by atomic mass is 16.5. The van der Waals surface area contributed by atoms with E-state index in [0.717, 1.165) is 37.7 Å². The van der Waals surface area contributed by atoms with Crippen molar-refractivity contribution in [3.63, 3.8) is 0 Å². The van der Waals surface area contributed by atoms with Crippen molar-refractivity contribution in [3.8, 4) is 5.75 Å². The minimum absolute atomic E-state index is 0.140. The molecular weight excluding hydrogens is 372 g/mol. The molecule has 3 fully saturated rings. The molecule has 1 saturated carbocycles. The van der Waals surface area contributed by atoms with Gasteiger partial charge in [0, 0.05) is 25.7 Å². The highest BCUT2D eigenvalue weighted by molar-refractivity contribution is 5.29. The molecule has 0 amide bonds. The lowest BCUT2D eigenvalue weighted by Crippen LogP contribution is -2.48. The SMILES string of the molecule is O[C@@H]1C[C@H]2CN(Cc3cccc(OCc4ccccc4)c3)C[C@H]2C[C@H]1N1CCCC1. The molecule has 4 heteroatoms. The first-order valence-corrected chi connectivity index (χ1v) is 11.6. The van der Waals surface area contributed by atoms with Gasteiger partial charge in [-0.2, -0.15) is 0 Å². The second kappa shape index (κ2) is 9.09. The van der Waals surface area contributed by atoms with E-state index in [1.54, 1.807) is 0 Å². The molecule has 2 heterocycles. The molecule has 2 saturated heterocycles. The first kappa shape index (κ1) is 20.0. The van der Waals surface area contributed by atoms with Crippen LogP contribution in [0.4, 0.5) is 0 Å². The fourth-order valence-corrected chi connectivity index (χ4v) is 5.83. The third-order valence-corrected chi connectivity index (χ3v) is 7.35. The minimum atomic E-state index is -0.140. The largest absolute Gasteiger partial charge is 0.489 e. The fourth-order valence-electron chi connectivity index (χ4n) is 5.83. The van der Waals surface area contributed by atoms with Gasteiger partial charge in [0.15, 0.2) is 0 Å². The van der Waals surface area contributed by atoms with Gasteiger partial charge in [-0.25, -0.2) is 0 Å². The van der Waals surface area contributed by atoms with Crippen molar-refractivity contribution < 1.29 is 9.84 Å². The summed E-state index contributed by atoms with van der Waals surface area (Å²) in [6, 6.07) is 19.3. The lowest BCUT2D eigenvalue weighted by molar-refractivity contribution is -0.000861. The Bertz CT molecular complexity index is 821. The first-order chi connectivity index (χ1) is 14.7. The van der Waals surface area contributed by atoms with Crippen LogP contribution in [0, 0.1) is 11.8 Å². The molecule has 4 atom stereocenters. The number of ether oxygens (including phenoxy) is 1. The maximum absolute atomic E-state index is 10.8. The molecule has 1 aliphatic carbocycles. The van der Waals surface area contributed by atoms with E-state index in [-0.39, 0.29) is 6.10 Å². The number of hydrogen-bond acceptors (Lipinski definition) is 4. The third kappa shape index (κ3) is 4.56. The Kier molecular flexibility index (Phi) is 6.07. The maximum atomic E-state index is 10.8. The van der Waals surface area contributed by atoms with Gasteiger partial charge >= 0.3 is 0 Å². The highest BCUT2D eigenvalue weighted by Crippen LogP contribution is 2.39. The molecule has 160 valence electrons. The molecule has 1 N–H and O–H groups in total. The molecule has 3 aliphatic rings. The summed E-state index contributed by atoms with van der Waals surface area (Å²) >= 11 is 0. The van der Waals surface area contributed by atoms with Crippen molar-refractivity contribution >= 4 is 0 Å². The topological polar surface area (TPSA) is 35.9 Å². The summed E-state index contributed by atoms with van der Waals surface area (Å²) in [5.41, 5.74) is 2.51. The van der Waals surface area contributed by atoms with E-state index in [1.165, 1.54) is 43.5 Å². The number of rotatable bonds is 6. The third-order valence-electron chi connectivity index (χ3n) is 7.35. The van der Waals surface area contributed by atoms with Gasteiger partial charge in [0.2, 0.25) is 0 Å². The van der Waals surface area contributed by atoms with Gasteiger partial charge in [0.1, 0.15) is 12.4 Å². The minimum Gasteiger partial charge on any atom is -0.489 e. The Hall–Kier alpha value is -1.88. The Morgan fingerprint density at radius 3 is 2.40 bits per heavy atom. The second-order valence-corrected chi connectivity index (χ2v) is 9.49. The van der Waals surface area contributed by atoms with Crippen LogP contribution in [0.2, 0.25) is 0 Å². The van der Waals surface area contributed by atoms with Crippen LogP contribution < -0.4 is 4.74 Å². The number of fused-ring (bicyclic) bond motifs is 1. The molecule has 2 aliphatic heterocycles. The summed E-state index contributed by atoms with van der Waals surface area (Å²) < 4.78 is 6.02. The second-order valence-electron chi connectivity index (χ2n) is 9.49. The maximum Gasteiger partial charge on any atom is 0.120 e. The molecule has 0 aromatic heterocycles. The summed E-state index contributed by atoms with van der Waals surface area (Å²) in [6.45, 7) is 6.21. The molecular formula is C26H34N2O2. The molecule has 0 radical (unpaired) electrons. The first-order valence-electron chi connectivity index (χ1n) is 11.6. The highest BCUT2D eigenvalue weighted by Gasteiger charge is 2.43. The van der Waals surface area contributed by atoms with E-state index in [1.807, 2.05) is 24.3 Å². The summed E-state index contributed by atoms with van der Waals surface area (Å²) in [7, 11) is 0. The standard InChI is InChI=1S/C26H34N2O2/c29-26-15-23-18-27(17-22(23)14-25(26)28-11-4-5-12-28)16-21-9-6-10-24(13-21)30-19-20-7-2-1-3-8-20/h1-3,6-10,13,22-23,25-26,29H,4-5,11-12,14-19H2/t22-,23+,25-,26-/m1/s1. The smallest absolute Gasteiger partial charge is 0.120 e. The van der Waals surface area contributed by atoms with Gasteiger partial charge in [-0.1, -0.05) is 42.5 Å². The zero-order valence-electron chi connectivity index (χ0n) is 17.8. The number of benzene rings is 2. The van der Waals surface area contributed by atoms with E-state index in [9.17, 15) is 5.11 Å². The van der Waals surface area contributed by atoms with E-state index >= 15 is 0 Å². The molecule has 2 aromatic rings. The van der Waals surface area contributed by atoms with Crippen molar-refractivity contribution in [2.24, 2.45) is 11.8 Å². The molecule has 0 bridgehead atoms. The van der Waals surface area contributed by atoms with Crippen LogP contribution in [0.1, 0.15) is 36.8 Å². The van der Waals surface area contributed by atoms with Crippen LogP contribution in [0.25, 0.3) is 0 Å². The Morgan fingerprint density at radius 1 is 0.867 bits per heavy atom. The summed E-state index contributed by atoms with van der Waals surface area (Å²) in [6.07, 6.45) is 4.60. The van der Waals surface area contributed by atoms with Crippen molar-refractivity contribution in [2.75, 3.05) is 26.2 Å². The van der Waals surface area contributed by atoms with Crippen LogP contribution >= 0.6 is 0 Å². The lowest BCUT2D eigenvalue weighted by atomic mass is 9.77. The average Bonchev–Trinajstić information content (AvgIpc) is 3.42. The Labute approximate surface area is 180 Å². The fraction of sp³-hybridized carbons (Fsp3) is 0.538. The van der Waals surface area contributed by atoms with Crippen molar-refractivity contribution in [1.82, 2.24) is 9.80 Å². The predicted molar refractivity (Wildman–Crippen MR) is 119 cm³/mol. The Morgan fingerprint density at radius 2 is 1.60 bits per heavy atom. The molecule has 30 heavy (non-hydrogen) atoms. The predicted octanol–water partition coefficient (Wildman–Crippen LogP) is 3.93. The summed E-state index contributed by atoms with van der Waals surface area (Å²) in [5.74, 6) is 2.32. The van der Waals surface area contributed by atoms with Crippen molar-refractivity contribution in [3.05, 3.63) is 65.7 Å². The quantitative estimate of drug-likeness (QED) is 0.788. The molecule has 0 unspecified atom stereocenters. The van der Waals surface area contributed by atoms with Gasteiger partial charge in [-0.3, -0.25) is 9.80 Å². The van der Waals surface area contributed by atoms with Crippen molar-refractivity contribution in [1.29, 1.82) is 0 Å². The zero-order chi connectivity index (χ0) is 20.3. The van der Waals surface area contributed by atoms with Crippen LogP contribution in [0.3, 0.4) is 0 Å². The summed E-state index contributed by atoms with van der Waals surface area (Å²) in [4.78, 5) is 5.14. The van der Waals surface area contributed by atoms with Gasteiger partial charge in [0.25, 0.3) is 0 Å². The molecule has 0 spiro atoms. The van der Waals surface area contributed by atoms with Gasteiger partial charge < -0.3 is 9.84 Å². The van der Waals surface area contributed by atoms with Crippen LogP contribution in [-0.4, -0.2) is 53.2 Å². The number of likely N-dealkylation sites (tertiary alicyclic amines) is 2. The molecule has 5 rings (SSSR count). The number of aliphatic hydroxyl groups excluding tert-OH is 1. The Balaban J connectivity index is 1.17. The van der Waals surface area contributed by atoms with Gasteiger partial charge in [-0.15, -0.1) is 0 Å². The van der Waals surface area contributed by atoms with Crippen LogP contribution in [-0.2, 0) is 13.2 Å². The summed E-state index contributed by atoms with van der Waals surface area (Å²) in [5, 5.41) is 10.8. The lowest BCUT2D eigenvalue weighted by Gasteiger charge is -2.40. The van der Waals surface area contributed by atoms with Crippen LogP contribution in [0.5, 0.6) is 5.75 Å². The van der Waals surface area contributed by atoms with E-state index in [4.69, 9.17) is 4.74 Å². The monoisotopic (exact) mass is 406 g/mol. The normalized spacial score (nSPS) is 29.8. The van der Waals surface area contributed by atoms with Crippen molar-refractivity contribution in [2.45, 2.75) is 51.0 Å². The average molecular weight is 407 g/mol. The van der Waals surface area contributed by atoms with Gasteiger partial charge in [0.05, 0.1) is 6.10 Å². The molecule has 2 aromatic carbocycles. The van der Waals surface area contributed by atoms with Crippen LogP contribution in [0.15, 0.2) is 54.6 Å².